The van der Waals surface area contributed by atoms with Gasteiger partial charge in [-0.1, -0.05) is 12.1 Å². The summed E-state index contributed by atoms with van der Waals surface area (Å²) in [6, 6.07) is 7.74. The van der Waals surface area contributed by atoms with Crippen LogP contribution in [0.5, 0.6) is 0 Å². The molecule has 2 heterocycles. The van der Waals surface area contributed by atoms with Gasteiger partial charge < -0.3 is 9.88 Å². The number of nitrogens with zero attached hydrogens (tertiary/aromatic N) is 4. The average Bonchev–Trinajstić information content (AvgIpc) is 3.10. The zero-order valence-electron chi connectivity index (χ0n) is 16.4. The molecule has 3 rings (SSSR count). The quantitative estimate of drug-likeness (QED) is 0.679. The first kappa shape index (κ1) is 18.8. The first-order chi connectivity index (χ1) is 12.8. The van der Waals surface area contributed by atoms with Crippen LogP contribution in [-0.4, -0.2) is 31.0 Å². The van der Waals surface area contributed by atoms with Gasteiger partial charge in [0.1, 0.15) is 5.82 Å². The summed E-state index contributed by atoms with van der Waals surface area (Å²) in [4.78, 5) is 28.7. The minimum absolute atomic E-state index is 0.00486. The first-order valence-electron chi connectivity index (χ1n) is 9.03. The summed E-state index contributed by atoms with van der Waals surface area (Å²) >= 11 is 0. The molecule has 2 aromatic heterocycles. The molecule has 0 saturated heterocycles. The molecule has 27 heavy (non-hydrogen) atoms. The van der Waals surface area contributed by atoms with Crippen LogP contribution in [0.4, 0.5) is 0 Å². The van der Waals surface area contributed by atoms with Gasteiger partial charge in [0.15, 0.2) is 5.78 Å². The summed E-state index contributed by atoms with van der Waals surface area (Å²) in [7, 11) is 1.94. The molecule has 0 aliphatic heterocycles. The van der Waals surface area contributed by atoms with Crippen molar-refractivity contribution in [2.75, 3.05) is 0 Å². The Morgan fingerprint density at radius 2 is 1.93 bits per heavy atom. The van der Waals surface area contributed by atoms with Crippen molar-refractivity contribution in [1.29, 1.82) is 0 Å². The molecule has 1 N–H and O–H groups in total. The average molecular weight is 367 g/mol. The van der Waals surface area contributed by atoms with E-state index >= 15 is 0 Å². The van der Waals surface area contributed by atoms with E-state index in [1.54, 1.807) is 4.68 Å². The Balaban J connectivity index is 1.66. The molecule has 7 nitrogen and oxygen atoms in total. The van der Waals surface area contributed by atoms with Crippen LogP contribution in [0.25, 0.3) is 11.0 Å². The molecule has 1 atom stereocenters. The summed E-state index contributed by atoms with van der Waals surface area (Å²) in [5, 5.41) is 7.38. The number of rotatable bonds is 6. The van der Waals surface area contributed by atoms with E-state index in [1.165, 1.54) is 6.92 Å². The number of fused-ring (bicyclic) bond motifs is 1. The second kappa shape index (κ2) is 7.34. The van der Waals surface area contributed by atoms with Gasteiger partial charge in [-0.25, -0.2) is 4.98 Å². The van der Waals surface area contributed by atoms with Gasteiger partial charge in [0.2, 0.25) is 5.91 Å². The van der Waals surface area contributed by atoms with Crippen LogP contribution in [0, 0.1) is 13.8 Å². The van der Waals surface area contributed by atoms with Crippen LogP contribution in [-0.2, 0) is 18.4 Å². The maximum atomic E-state index is 12.4. The van der Waals surface area contributed by atoms with E-state index in [0.29, 0.717) is 17.8 Å². The van der Waals surface area contributed by atoms with Gasteiger partial charge in [-0.2, -0.15) is 5.10 Å². The van der Waals surface area contributed by atoms with Crippen molar-refractivity contribution in [3.8, 4) is 0 Å². The Bertz CT molecular complexity index is 1010. The maximum absolute atomic E-state index is 12.4. The lowest BCUT2D eigenvalue weighted by Crippen LogP contribution is -2.27. The van der Waals surface area contributed by atoms with Crippen LogP contribution in [0.15, 0.2) is 24.3 Å². The molecule has 0 aliphatic rings. The number of Topliss-reactive ketones (excluding diaryl/α,β-unsaturated/α-hetero) is 1. The third-order valence-corrected chi connectivity index (χ3v) is 4.90. The Labute approximate surface area is 158 Å². The largest absolute Gasteiger partial charge is 0.349 e. The van der Waals surface area contributed by atoms with E-state index in [9.17, 15) is 9.59 Å². The second-order valence-corrected chi connectivity index (χ2v) is 6.95. The van der Waals surface area contributed by atoms with Crippen LogP contribution in [0.1, 0.15) is 53.9 Å². The molecule has 0 radical (unpaired) electrons. The minimum Gasteiger partial charge on any atom is -0.349 e. The number of ketones is 1. The first-order valence-corrected chi connectivity index (χ1v) is 9.03. The van der Waals surface area contributed by atoms with Crippen molar-refractivity contribution >= 4 is 22.7 Å². The van der Waals surface area contributed by atoms with Crippen molar-refractivity contribution in [1.82, 2.24) is 24.6 Å². The fourth-order valence-corrected chi connectivity index (χ4v) is 3.56. The third-order valence-electron chi connectivity index (χ3n) is 4.90. The normalized spacial score (nSPS) is 12.3. The summed E-state index contributed by atoms with van der Waals surface area (Å²) in [6.45, 7) is 7.52. The lowest BCUT2D eigenvalue weighted by Gasteiger charge is -2.14. The summed E-state index contributed by atoms with van der Waals surface area (Å²) in [6.07, 6.45) is 0.281. The molecule has 0 spiro atoms. The lowest BCUT2D eigenvalue weighted by molar-refractivity contribution is -0.122. The number of hydrogen-bond acceptors (Lipinski definition) is 4. The molecule has 142 valence electrons. The number of carbonyl (C=O) groups is 2. The minimum atomic E-state index is -0.141. The Hall–Kier alpha value is -2.96. The zero-order chi connectivity index (χ0) is 19.7. The molecule has 7 heteroatoms. The van der Waals surface area contributed by atoms with Crippen LogP contribution in [0.2, 0.25) is 0 Å². The van der Waals surface area contributed by atoms with E-state index < -0.39 is 0 Å². The van der Waals surface area contributed by atoms with Crippen molar-refractivity contribution in [3.05, 3.63) is 47.0 Å². The monoisotopic (exact) mass is 367 g/mol. The van der Waals surface area contributed by atoms with Gasteiger partial charge in [-0.15, -0.1) is 0 Å². The predicted octanol–water partition coefficient (Wildman–Crippen LogP) is 2.86. The molecule has 0 saturated carbocycles. The van der Waals surface area contributed by atoms with Crippen molar-refractivity contribution < 1.29 is 9.59 Å². The van der Waals surface area contributed by atoms with Crippen LogP contribution in [0.3, 0.4) is 0 Å². The molecule has 1 amide bonds. The topological polar surface area (TPSA) is 81.8 Å². The SMILES string of the molecule is CC(=O)c1c(C)nn([C@H](C)CC(=O)NCc2nc3ccccc3n2C)c1C. The van der Waals surface area contributed by atoms with Gasteiger partial charge in [-0.3, -0.25) is 14.3 Å². The van der Waals surface area contributed by atoms with E-state index in [-0.39, 0.29) is 24.2 Å². The number of benzene rings is 1. The van der Waals surface area contributed by atoms with Crippen molar-refractivity contribution in [2.24, 2.45) is 7.05 Å². The standard InChI is InChI=1S/C20H25N5O2/c1-12(25-14(3)20(15(4)26)13(2)23-25)10-19(27)21-11-18-22-16-8-6-7-9-17(16)24(18)5/h6-9,12H,10-11H2,1-5H3,(H,21,27)/t12-/m1/s1. The highest BCUT2D eigenvalue weighted by Gasteiger charge is 2.20. The highest BCUT2D eigenvalue weighted by atomic mass is 16.1. The smallest absolute Gasteiger partial charge is 0.222 e. The number of aromatic nitrogens is 4. The maximum Gasteiger partial charge on any atom is 0.222 e. The highest BCUT2D eigenvalue weighted by Crippen LogP contribution is 2.20. The predicted molar refractivity (Wildman–Crippen MR) is 104 cm³/mol. The molecule has 0 aliphatic carbocycles. The molecular formula is C20H25N5O2. The molecule has 0 fully saturated rings. The highest BCUT2D eigenvalue weighted by molar-refractivity contribution is 5.96. The number of amides is 1. The number of para-hydroxylation sites is 2. The van der Waals surface area contributed by atoms with Crippen molar-refractivity contribution in [2.45, 2.75) is 46.7 Å². The van der Waals surface area contributed by atoms with Gasteiger partial charge in [0, 0.05) is 19.2 Å². The van der Waals surface area contributed by atoms with Gasteiger partial charge >= 0.3 is 0 Å². The van der Waals surface area contributed by atoms with Gasteiger partial charge in [0.25, 0.3) is 0 Å². The number of nitrogens with one attached hydrogen (secondary N) is 1. The number of imidazole rings is 1. The van der Waals surface area contributed by atoms with E-state index in [4.69, 9.17) is 0 Å². The summed E-state index contributed by atoms with van der Waals surface area (Å²) in [5.74, 6) is 0.725. The molecule has 0 bridgehead atoms. The fourth-order valence-electron chi connectivity index (χ4n) is 3.56. The lowest BCUT2D eigenvalue weighted by atomic mass is 10.1. The second-order valence-electron chi connectivity index (χ2n) is 6.95. The Kier molecular flexibility index (Phi) is 5.12. The number of hydrogen-bond donors (Lipinski definition) is 1. The zero-order valence-corrected chi connectivity index (χ0v) is 16.4. The molecule has 0 unspecified atom stereocenters. The van der Waals surface area contributed by atoms with Gasteiger partial charge in [-0.05, 0) is 39.8 Å². The van der Waals surface area contributed by atoms with Crippen LogP contribution >= 0.6 is 0 Å². The molecule has 1 aromatic carbocycles. The summed E-state index contributed by atoms with van der Waals surface area (Å²) < 4.78 is 3.75. The van der Waals surface area contributed by atoms with E-state index in [1.807, 2.05) is 56.7 Å². The molecular weight excluding hydrogens is 342 g/mol. The Morgan fingerprint density at radius 3 is 2.56 bits per heavy atom. The number of carbonyl (C=O) groups excluding carboxylic acids is 2. The fraction of sp³-hybridized carbons (Fsp3) is 0.400. The van der Waals surface area contributed by atoms with E-state index in [2.05, 4.69) is 15.4 Å². The van der Waals surface area contributed by atoms with Crippen molar-refractivity contribution in [3.63, 3.8) is 0 Å². The Morgan fingerprint density at radius 1 is 1.22 bits per heavy atom. The summed E-state index contributed by atoms with van der Waals surface area (Å²) in [5.41, 5.74) is 4.09. The molecule has 3 aromatic rings. The van der Waals surface area contributed by atoms with Crippen LogP contribution < -0.4 is 5.32 Å². The van der Waals surface area contributed by atoms with Gasteiger partial charge in [0.05, 0.1) is 34.9 Å². The third kappa shape index (κ3) is 3.63. The number of aryl methyl sites for hydroxylation is 2. The van der Waals surface area contributed by atoms with E-state index in [0.717, 1.165) is 22.6 Å².